The Balaban J connectivity index is 2.17. The van der Waals surface area contributed by atoms with Crippen molar-refractivity contribution < 1.29 is 14.0 Å². The summed E-state index contributed by atoms with van der Waals surface area (Å²) in [6, 6.07) is 10.4. The largest absolute Gasteiger partial charge is 0.448 e. The Labute approximate surface area is 98.3 Å². The summed E-state index contributed by atoms with van der Waals surface area (Å²) in [5.41, 5.74) is 1.68. The van der Waals surface area contributed by atoms with Crippen LogP contribution in [0.3, 0.4) is 0 Å². The van der Waals surface area contributed by atoms with Gasteiger partial charge in [0, 0.05) is 5.69 Å². The van der Waals surface area contributed by atoms with Crippen LogP contribution in [-0.4, -0.2) is 12.2 Å². The maximum Gasteiger partial charge on any atom is 0.291 e. The van der Waals surface area contributed by atoms with Gasteiger partial charge in [0.05, 0.1) is 0 Å². The van der Waals surface area contributed by atoms with Gasteiger partial charge in [-0.25, -0.2) is 0 Å². The molecule has 1 aromatic carbocycles. The standard InChI is InChI=1S/C13H11NO3/c1-9-4-2-3-5-11(9)14-13(16)12-7-6-10(8-15)17-12/h2-8H,1H3,(H,14,16). The van der Waals surface area contributed by atoms with Gasteiger partial charge in [-0.3, -0.25) is 9.59 Å². The molecule has 2 rings (SSSR count). The van der Waals surface area contributed by atoms with Crippen LogP contribution in [0.15, 0.2) is 40.8 Å². The number of amides is 1. The van der Waals surface area contributed by atoms with Gasteiger partial charge in [-0.2, -0.15) is 0 Å². The summed E-state index contributed by atoms with van der Waals surface area (Å²) in [6.07, 6.45) is 0.560. The summed E-state index contributed by atoms with van der Waals surface area (Å²) in [7, 11) is 0. The molecule has 0 radical (unpaired) electrons. The second-order valence-corrected chi connectivity index (χ2v) is 3.59. The summed E-state index contributed by atoms with van der Waals surface area (Å²) in [5, 5.41) is 2.72. The first-order chi connectivity index (χ1) is 8.20. The second kappa shape index (κ2) is 4.65. The average Bonchev–Trinajstić information content (AvgIpc) is 2.81. The predicted octanol–water partition coefficient (Wildman–Crippen LogP) is 2.65. The molecule has 4 nitrogen and oxygen atoms in total. The van der Waals surface area contributed by atoms with Crippen LogP contribution in [0.4, 0.5) is 5.69 Å². The number of para-hydroxylation sites is 1. The Morgan fingerprint density at radius 2 is 2.00 bits per heavy atom. The zero-order valence-corrected chi connectivity index (χ0v) is 9.27. The molecule has 0 saturated carbocycles. The van der Waals surface area contributed by atoms with E-state index in [2.05, 4.69) is 5.32 Å². The van der Waals surface area contributed by atoms with Crippen LogP contribution >= 0.6 is 0 Å². The minimum Gasteiger partial charge on any atom is -0.448 e. The highest BCUT2D eigenvalue weighted by molar-refractivity contribution is 6.03. The molecule has 0 spiro atoms. The van der Waals surface area contributed by atoms with Crippen LogP contribution in [0.5, 0.6) is 0 Å². The summed E-state index contributed by atoms with van der Waals surface area (Å²) in [5.74, 6) is -0.109. The third-order valence-corrected chi connectivity index (χ3v) is 2.36. The normalized spacial score (nSPS) is 9.94. The van der Waals surface area contributed by atoms with Gasteiger partial charge in [0.1, 0.15) is 0 Å². The van der Waals surface area contributed by atoms with Crippen molar-refractivity contribution in [2.24, 2.45) is 0 Å². The van der Waals surface area contributed by atoms with E-state index < -0.39 is 0 Å². The molecule has 0 fully saturated rings. The third-order valence-electron chi connectivity index (χ3n) is 2.36. The van der Waals surface area contributed by atoms with Crippen molar-refractivity contribution in [3.05, 3.63) is 53.5 Å². The van der Waals surface area contributed by atoms with Crippen molar-refractivity contribution in [1.29, 1.82) is 0 Å². The number of hydrogen-bond acceptors (Lipinski definition) is 3. The summed E-state index contributed by atoms with van der Waals surface area (Å²) < 4.78 is 5.03. The van der Waals surface area contributed by atoms with Crippen molar-refractivity contribution in [2.45, 2.75) is 6.92 Å². The van der Waals surface area contributed by atoms with Gasteiger partial charge >= 0.3 is 0 Å². The van der Waals surface area contributed by atoms with Crippen molar-refractivity contribution in [3.8, 4) is 0 Å². The molecule has 1 aromatic heterocycles. The highest BCUT2D eigenvalue weighted by atomic mass is 16.4. The number of aldehydes is 1. The van der Waals surface area contributed by atoms with Gasteiger partial charge in [0.15, 0.2) is 17.8 Å². The first kappa shape index (κ1) is 11.1. The van der Waals surface area contributed by atoms with E-state index in [1.807, 2.05) is 25.1 Å². The fourth-order valence-corrected chi connectivity index (χ4v) is 1.44. The monoisotopic (exact) mass is 229 g/mol. The SMILES string of the molecule is Cc1ccccc1NC(=O)c1ccc(C=O)o1. The number of carbonyl (C=O) groups excluding carboxylic acids is 2. The van der Waals surface area contributed by atoms with E-state index in [0.717, 1.165) is 11.3 Å². The third kappa shape index (κ3) is 2.42. The fourth-order valence-electron chi connectivity index (χ4n) is 1.44. The molecule has 0 aliphatic heterocycles. The molecule has 0 unspecified atom stereocenters. The van der Waals surface area contributed by atoms with Crippen molar-refractivity contribution in [2.75, 3.05) is 5.32 Å². The molecule has 0 aliphatic rings. The fraction of sp³-hybridized carbons (Fsp3) is 0.0769. The number of aryl methyl sites for hydroxylation is 1. The van der Waals surface area contributed by atoms with Gasteiger partial charge in [0.25, 0.3) is 5.91 Å². The molecule has 2 aromatic rings. The average molecular weight is 229 g/mol. The van der Waals surface area contributed by atoms with E-state index >= 15 is 0 Å². The number of furan rings is 1. The van der Waals surface area contributed by atoms with Gasteiger partial charge in [-0.05, 0) is 30.7 Å². The Bertz CT molecular complexity index is 557. The molecular weight excluding hydrogens is 218 g/mol. The molecule has 1 amide bonds. The zero-order valence-electron chi connectivity index (χ0n) is 9.27. The number of nitrogens with one attached hydrogen (secondary N) is 1. The molecule has 1 N–H and O–H groups in total. The molecule has 0 bridgehead atoms. The lowest BCUT2D eigenvalue weighted by Crippen LogP contribution is -2.11. The smallest absolute Gasteiger partial charge is 0.291 e. The van der Waals surface area contributed by atoms with Crippen LogP contribution in [-0.2, 0) is 0 Å². The Morgan fingerprint density at radius 3 is 2.65 bits per heavy atom. The van der Waals surface area contributed by atoms with E-state index in [0.29, 0.717) is 6.29 Å². The van der Waals surface area contributed by atoms with Gasteiger partial charge in [-0.15, -0.1) is 0 Å². The Kier molecular flexibility index (Phi) is 3.05. The Hall–Kier alpha value is -2.36. The molecule has 1 heterocycles. The van der Waals surface area contributed by atoms with Crippen LogP contribution in [0.1, 0.15) is 26.7 Å². The summed E-state index contributed by atoms with van der Waals surface area (Å²) in [6.45, 7) is 1.90. The zero-order chi connectivity index (χ0) is 12.3. The van der Waals surface area contributed by atoms with E-state index in [9.17, 15) is 9.59 Å². The van der Waals surface area contributed by atoms with Gasteiger partial charge in [0.2, 0.25) is 0 Å². The van der Waals surface area contributed by atoms with Crippen LogP contribution < -0.4 is 5.32 Å². The van der Waals surface area contributed by atoms with Gasteiger partial charge < -0.3 is 9.73 Å². The molecule has 86 valence electrons. The lowest BCUT2D eigenvalue weighted by atomic mass is 10.2. The van der Waals surface area contributed by atoms with E-state index in [1.54, 1.807) is 6.07 Å². The maximum absolute atomic E-state index is 11.8. The van der Waals surface area contributed by atoms with Crippen LogP contribution in [0.25, 0.3) is 0 Å². The van der Waals surface area contributed by atoms with Crippen LogP contribution in [0.2, 0.25) is 0 Å². The molecule has 0 saturated heterocycles. The molecular formula is C13H11NO3. The maximum atomic E-state index is 11.8. The summed E-state index contributed by atoms with van der Waals surface area (Å²) >= 11 is 0. The first-order valence-corrected chi connectivity index (χ1v) is 5.12. The van der Waals surface area contributed by atoms with Crippen molar-refractivity contribution in [1.82, 2.24) is 0 Å². The molecule has 0 aliphatic carbocycles. The minimum atomic E-state index is -0.368. The Morgan fingerprint density at radius 1 is 1.24 bits per heavy atom. The lowest BCUT2D eigenvalue weighted by molar-refractivity contribution is 0.0992. The highest BCUT2D eigenvalue weighted by Crippen LogP contribution is 2.15. The van der Waals surface area contributed by atoms with Gasteiger partial charge in [-0.1, -0.05) is 18.2 Å². The number of rotatable bonds is 3. The van der Waals surface area contributed by atoms with Crippen molar-refractivity contribution in [3.63, 3.8) is 0 Å². The second-order valence-electron chi connectivity index (χ2n) is 3.59. The minimum absolute atomic E-state index is 0.121. The van der Waals surface area contributed by atoms with E-state index in [4.69, 9.17) is 4.42 Å². The van der Waals surface area contributed by atoms with Crippen LogP contribution in [0, 0.1) is 6.92 Å². The number of carbonyl (C=O) groups is 2. The topological polar surface area (TPSA) is 59.3 Å². The van der Waals surface area contributed by atoms with Crippen molar-refractivity contribution >= 4 is 17.9 Å². The summed E-state index contributed by atoms with van der Waals surface area (Å²) in [4.78, 5) is 22.2. The lowest BCUT2D eigenvalue weighted by Gasteiger charge is -2.05. The highest BCUT2D eigenvalue weighted by Gasteiger charge is 2.11. The molecule has 4 heteroatoms. The number of hydrogen-bond donors (Lipinski definition) is 1. The van der Waals surface area contributed by atoms with E-state index in [1.165, 1.54) is 12.1 Å². The quantitative estimate of drug-likeness (QED) is 0.823. The molecule has 17 heavy (non-hydrogen) atoms. The van der Waals surface area contributed by atoms with E-state index in [-0.39, 0.29) is 17.4 Å². The number of benzene rings is 1. The predicted molar refractivity (Wildman–Crippen MR) is 63.2 cm³/mol. The molecule has 0 atom stereocenters. The first-order valence-electron chi connectivity index (χ1n) is 5.12. The number of anilines is 1.